The first kappa shape index (κ1) is 13.7. The van der Waals surface area contributed by atoms with Gasteiger partial charge in [0.05, 0.1) is 12.3 Å². The second-order valence-corrected chi connectivity index (χ2v) is 4.59. The molecule has 0 aliphatic rings. The molecule has 0 saturated carbocycles. The molecule has 17 heavy (non-hydrogen) atoms. The molecule has 3 N–H and O–H groups in total. The molecule has 1 atom stereocenters. The van der Waals surface area contributed by atoms with Gasteiger partial charge < -0.3 is 15.4 Å². The molecule has 0 aliphatic heterocycles. The summed E-state index contributed by atoms with van der Waals surface area (Å²) in [5.41, 5.74) is 0.443. The molecule has 5 nitrogen and oxygen atoms in total. The molecule has 0 fully saturated rings. The topological polar surface area (TPSA) is 78.0 Å². The van der Waals surface area contributed by atoms with Gasteiger partial charge in [0.15, 0.2) is 0 Å². The molecule has 5 heteroatoms. The van der Waals surface area contributed by atoms with Crippen molar-refractivity contribution in [2.45, 2.75) is 39.7 Å². The van der Waals surface area contributed by atoms with Gasteiger partial charge in [-0.2, -0.15) is 0 Å². The zero-order chi connectivity index (χ0) is 12.8. The van der Waals surface area contributed by atoms with Crippen molar-refractivity contribution < 1.29 is 9.90 Å². The highest BCUT2D eigenvalue weighted by Crippen LogP contribution is 2.04. The van der Waals surface area contributed by atoms with Crippen molar-refractivity contribution in [1.29, 1.82) is 0 Å². The summed E-state index contributed by atoms with van der Waals surface area (Å²) in [4.78, 5) is 18.6. The summed E-state index contributed by atoms with van der Waals surface area (Å²) in [6, 6.07) is 0. The maximum atomic E-state index is 11.7. The molecular formula is C12H21N3O2. The predicted octanol–water partition coefficient (Wildman–Crippen LogP) is 1.11. The Bertz CT molecular complexity index is 360. The summed E-state index contributed by atoms with van der Waals surface area (Å²) in [6.45, 7) is 6.31. The lowest BCUT2D eigenvalue weighted by Crippen LogP contribution is -2.33. The average Bonchev–Trinajstić information content (AvgIpc) is 2.73. The van der Waals surface area contributed by atoms with Crippen LogP contribution in [0.15, 0.2) is 6.20 Å². The summed E-state index contributed by atoms with van der Waals surface area (Å²) in [5, 5.41) is 12.3. The Hall–Kier alpha value is -1.36. The molecule has 1 rings (SSSR count). The molecule has 0 aliphatic carbocycles. The lowest BCUT2D eigenvalue weighted by molar-refractivity contribution is 0.0896. The molecule has 1 unspecified atom stereocenters. The quantitative estimate of drug-likeness (QED) is 0.696. The first-order valence-electron chi connectivity index (χ1n) is 6.03. The Labute approximate surface area is 102 Å². The number of aromatic nitrogens is 2. The fraction of sp³-hybridized carbons (Fsp3) is 0.667. The van der Waals surface area contributed by atoms with Crippen LogP contribution in [0.2, 0.25) is 0 Å². The molecule has 0 aromatic carbocycles. The van der Waals surface area contributed by atoms with Gasteiger partial charge in [-0.3, -0.25) is 4.79 Å². The third kappa shape index (κ3) is 4.56. The summed E-state index contributed by atoms with van der Waals surface area (Å²) < 4.78 is 0. The van der Waals surface area contributed by atoms with E-state index in [1.54, 1.807) is 0 Å². The summed E-state index contributed by atoms with van der Waals surface area (Å²) >= 11 is 0. The van der Waals surface area contributed by atoms with Gasteiger partial charge in [0, 0.05) is 13.0 Å². The van der Waals surface area contributed by atoms with Gasteiger partial charge in [-0.25, -0.2) is 4.98 Å². The third-order valence-electron chi connectivity index (χ3n) is 2.45. The van der Waals surface area contributed by atoms with Crippen molar-refractivity contribution in [1.82, 2.24) is 15.3 Å². The lowest BCUT2D eigenvalue weighted by atomic mass is 10.1. The van der Waals surface area contributed by atoms with Crippen LogP contribution in [0.4, 0.5) is 0 Å². The third-order valence-corrected chi connectivity index (χ3v) is 2.45. The number of carbonyl (C=O) groups excluding carboxylic acids is 1. The standard InChI is InChI=1S/C12H21N3O2/c1-4-11-13-7-10(15-11)12(17)14-6-9(16)5-8(2)3/h7-9,16H,4-6H2,1-3H3,(H,13,15)(H,14,17). The second-order valence-electron chi connectivity index (χ2n) is 4.59. The SMILES string of the molecule is CCc1ncc(C(=O)NCC(O)CC(C)C)[nH]1. The fourth-order valence-electron chi connectivity index (χ4n) is 1.59. The normalized spacial score (nSPS) is 12.8. The zero-order valence-corrected chi connectivity index (χ0v) is 10.7. The Kier molecular flexibility index (Phi) is 5.15. The van der Waals surface area contributed by atoms with E-state index in [9.17, 15) is 9.90 Å². The highest BCUT2D eigenvalue weighted by molar-refractivity contribution is 5.92. The van der Waals surface area contributed by atoms with Gasteiger partial charge in [0.1, 0.15) is 11.5 Å². The largest absolute Gasteiger partial charge is 0.391 e. The highest BCUT2D eigenvalue weighted by Gasteiger charge is 2.12. The molecule has 0 saturated heterocycles. The van der Waals surface area contributed by atoms with Gasteiger partial charge >= 0.3 is 0 Å². The summed E-state index contributed by atoms with van der Waals surface area (Å²) in [6.07, 6.45) is 2.47. The number of aliphatic hydroxyl groups excluding tert-OH is 1. The van der Waals surface area contributed by atoms with Crippen molar-refractivity contribution in [3.05, 3.63) is 17.7 Å². The Morgan fingerprint density at radius 1 is 1.59 bits per heavy atom. The van der Waals surface area contributed by atoms with E-state index in [1.807, 2.05) is 20.8 Å². The minimum atomic E-state index is -0.493. The number of amides is 1. The number of aromatic amines is 1. The molecule has 0 spiro atoms. The molecular weight excluding hydrogens is 218 g/mol. The molecule has 1 amide bonds. The number of aliphatic hydroxyl groups is 1. The summed E-state index contributed by atoms with van der Waals surface area (Å²) in [7, 11) is 0. The zero-order valence-electron chi connectivity index (χ0n) is 10.7. The minimum Gasteiger partial charge on any atom is -0.391 e. The van der Waals surface area contributed by atoms with Crippen LogP contribution in [0.5, 0.6) is 0 Å². The minimum absolute atomic E-state index is 0.222. The highest BCUT2D eigenvalue weighted by atomic mass is 16.3. The number of aryl methyl sites for hydroxylation is 1. The molecule has 1 aromatic heterocycles. The lowest BCUT2D eigenvalue weighted by Gasteiger charge is -2.13. The average molecular weight is 239 g/mol. The smallest absolute Gasteiger partial charge is 0.269 e. The number of hydrogen-bond donors (Lipinski definition) is 3. The number of hydrogen-bond acceptors (Lipinski definition) is 3. The van der Waals surface area contributed by atoms with E-state index in [-0.39, 0.29) is 12.5 Å². The van der Waals surface area contributed by atoms with Crippen molar-refractivity contribution in [2.24, 2.45) is 5.92 Å². The first-order valence-corrected chi connectivity index (χ1v) is 6.03. The van der Waals surface area contributed by atoms with Crippen LogP contribution in [-0.2, 0) is 6.42 Å². The van der Waals surface area contributed by atoms with Crippen LogP contribution in [0.1, 0.15) is 43.5 Å². The van der Waals surface area contributed by atoms with Gasteiger partial charge in [-0.05, 0) is 12.3 Å². The number of H-pyrrole nitrogens is 1. The molecule has 0 radical (unpaired) electrons. The number of imidazole rings is 1. The van der Waals surface area contributed by atoms with Crippen LogP contribution in [0, 0.1) is 5.92 Å². The Morgan fingerprint density at radius 3 is 2.82 bits per heavy atom. The van der Waals surface area contributed by atoms with Crippen molar-refractivity contribution in [3.63, 3.8) is 0 Å². The second kappa shape index (κ2) is 6.39. The molecule has 1 aromatic rings. The van der Waals surface area contributed by atoms with Crippen molar-refractivity contribution in [3.8, 4) is 0 Å². The van der Waals surface area contributed by atoms with Crippen LogP contribution in [0.25, 0.3) is 0 Å². The number of rotatable bonds is 6. The van der Waals surface area contributed by atoms with Gasteiger partial charge in [0.25, 0.3) is 5.91 Å². The predicted molar refractivity (Wildman–Crippen MR) is 65.8 cm³/mol. The molecule has 1 heterocycles. The molecule has 96 valence electrons. The number of carbonyl (C=O) groups is 1. The first-order chi connectivity index (χ1) is 8.02. The van der Waals surface area contributed by atoms with Crippen LogP contribution in [0.3, 0.4) is 0 Å². The van der Waals surface area contributed by atoms with E-state index in [2.05, 4.69) is 15.3 Å². The van der Waals surface area contributed by atoms with Crippen LogP contribution >= 0.6 is 0 Å². The maximum Gasteiger partial charge on any atom is 0.269 e. The van der Waals surface area contributed by atoms with Gasteiger partial charge in [-0.15, -0.1) is 0 Å². The molecule has 0 bridgehead atoms. The summed E-state index contributed by atoms with van der Waals surface area (Å²) in [5.74, 6) is 0.985. The van der Waals surface area contributed by atoms with E-state index in [4.69, 9.17) is 0 Å². The number of nitrogens with zero attached hydrogens (tertiary/aromatic N) is 1. The number of nitrogens with one attached hydrogen (secondary N) is 2. The van der Waals surface area contributed by atoms with Gasteiger partial charge in [-0.1, -0.05) is 20.8 Å². The Morgan fingerprint density at radius 2 is 2.29 bits per heavy atom. The monoisotopic (exact) mass is 239 g/mol. The fourth-order valence-corrected chi connectivity index (χ4v) is 1.59. The van der Waals surface area contributed by atoms with E-state index in [1.165, 1.54) is 6.20 Å². The van der Waals surface area contributed by atoms with E-state index >= 15 is 0 Å². The van der Waals surface area contributed by atoms with E-state index in [0.29, 0.717) is 18.0 Å². The van der Waals surface area contributed by atoms with Crippen molar-refractivity contribution >= 4 is 5.91 Å². The van der Waals surface area contributed by atoms with Crippen LogP contribution < -0.4 is 5.32 Å². The van der Waals surface area contributed by atoms with E-state index < -0.39 is 6.10 Å². The van der Waals surface area contributed by atoms with Gasteiger partial charge in [0.2, 0.25) is 0 Å². The Balaban J connectivity index is 2.39. The van der Waals surface area contributed by atoms with Crippen molar-refractivity contribution in [2.75, 3.05) is 6.54 Å². The maximum absolute atomic E-state index is 11.7. The van der Waals surface area contributed by atoms with Crippen LogP contribution in [-0.4, -0.2) is 33.6 Å². The van der Waals surface area contributed by atoms with E-state index in [0.717, 1.165) is 12.2 Å².